The zero-order valence-electron chi connectivity index (χ0n) is 14.6. The number of carbonyl (C=O) groups is 1. The third-order valence-electron chi connectivity index (χ3n) is 4.39. The molecule has 6 nitrogen and oxygen atoms in total. The number of rotatable bonds is 5. The number of nitrogens with zero attached hydrogens (tertiary/aromatic N) is 1. The van der Waals surface area contributed by atoms with Crippen LogP contribution in [0.3, 0.4) is 0 Å². The second kappa shape index (κ2) is 7.88. The molecule has 1 saturated heterocycles. The van der Waals surface area contributed by atoms with E-state index < -0.39 is 15.9 Å². The molecule has 0 bridgehead atoms. The molecule has 2 aromatic rings. The number of carbonyl (C=O) groups excluding carboxylic acids is 1. The Morgan fingerprint density at radius 2 is 1.77 bits per heavy atom. The Balaban J connectivity index is 1.89. The van der Waals surface area contributed by atoms with E-state index >= 15 is 0 Å². The molecule has 2 aromatic carbocycles. The van der Waals surface area contributed by atoms with E-state index in [1.807, 2.05) is 0 Å². The van der Waals surface area contributed by atoms with Gasteiger partial charge in [0.1, 0.15) is 5.75 Å². The molecule has 7 heteroatoms. The van der Waals surface area contributed by atoms with Crippen LogP contribution in [-0.4, -0.2) is 38.8 Å². The first kappa shape index (κ1) is 18.4. The minimum absolute atomic E-state index is 0.0438. The molecular formula is C19H22N2O4S. The van der Waals surface area contributed by atoms with Crippen molar-refractivity contribution in [1.82, 2.24) is 4.31 Å². The zero-order chi connectivity index (χ0) is 18.6. The van der Waals surface area contributed by atoms with Gasteiger partial charge < -0.3 is 10.1 Å². The van der Waals surface area contributed by atoms with E-state index in [0.717, 1.165) is 19.3 Å². The monoisotopic (exact) mass is 374 g/mol. The van der Waals surface area contributed by atoms with Crippen molar-refractivity contribution in [3.63, 3.8) is 0 Å². The van der Waals surface area contributed by atoms with Gasteiger partial charge >= 0.3 is 0 Å². The Bertz CT molecular complexity index is 890. The highest BCUT2D eigenvalue weighted by molar-refractivity contribution is 7.89. The molecule has 0 radical (unpaired) electrons. The molecule has 1 aliphatic heterocycles. The van der Waals surface area contributed by atoms with Gasteiger partial charge in [-0.1, -0.05) is 24.6 Å². The number of ether oxygens (including phenoxy) is 1. The van der Waals surface area contributed by atoms with Crippen LogP contribution in [-0.2, 0) is 10.0 Å². The Hall–Kier alpha value is -2.38. The summed E-state index contributed by atoms with van der Waals surface area (Å²) in [6, 6.07) is 13.3. The van der Waals surface area contributed by atoms with Gasteiger partial charge in [0.25, 0.3) is 5.91 Å². The van der Waals surface area contributed by atoms with Crippen LogP contribution in [0.25, 0.3) is 0 Å². The van der Waals surface area contributed by atoms with Crippen LogP contribution >= 0.6 is 0 Å². The molecule has 0 aromatic heterocycles. The summed E-state index contributed by atoms with van der Waals surface area (Å²) in [5.74, 6) is 0.145. The van der Waals surface area contributed by atoms with Crippen molar-refractivity contribution in [2.24, 2.45) is 0 Å². The summed E-state index contributed by atoms with van der Waals surface area (Å²) < 4.78 is 32.6. The predicted octanol–water partition coefficient (Wildman–Crippen LogP) is 3.12. The van der Waals surface area contributed by atoms with Crippen molar-refractivity contribution in [2.45, 2.75) is 24.2 Å². The summed E-state index contributed by atoms with van der Waals surface area (Å²) in [5, 5.41) is 2.75. The van der Waals surface area contributed by atoms with Crippen molar-refractivity contribution >= 4 is 21.6 Å². The molecule has 1 aliphatic rings. The average molecular weight is 374 g/mol. The summed E-state index contributed by atoms with van der Waals surface area (Å²) in [5.41, 5.74) is 0.681. The number of anilines is 1. The van der Waals surface area contributed by atoms with Crippen LogP contribution in [0.4, 0.5) is 5.69 Å². The Labute approximate surface area is 153 Å². The van der Waals surface area contributed by atoms with E-state index in [2.05, 4.69) is 5.32 Å². The minimum Gasteiger partial charge on any atom is -0.497 e. The van der Waals surface area contributed by atoms with Gasteiger partial charge in [-0.05, 0) is 37.1 Å². The van der Waals surface area contributed by atoms with E-state index in [9.17, 15) is 13.2 Å². The van der Waals surface area contributed by atoms with Crippen LogP contribution in [0.15, 0.2) is 53.4 Å². The lowest BCUT2D eigenvalue weighted by molar-refractivity contribution is 0.102. The molecule has 1 N–H and O–H groups in total. The van der Waals surface area contributed by atoms with Crippen LogP contribution in [0.1, 0.15) is 29.6 Å². The van der Waals surface area contributed by atoms with E-state index in [-0.39, 0.29) is 10.5 Å². The third kappa shape index (κ3) is 3.89. The standard InChI is InChI=1S/C19H22N2O4S/c1-25-16-9-7-8-15(14-16)20-19(22)17-10-3-4-11-18(17)26(23,24)21-12-5-2-6-13-21/h3-4,7-11,14H,2,5-6,12-13H2,1H3,(H,20,22). The highest BCUT2D eigenvalue weighted by atomic mass is 32.2. The van der Waals surface area contributed by atoms with E-state index in [0.29, 0.717) is 24.5 Å². The molecular weight excluding hydrogens is 352 g/mol. The molecule has 1 fully saturated rings. The lowest BCUT2D eigenvalue weighted by atomic mass is 10.2. The highest BCUT2D eigenvalue weighted by Gasteiger charge is 2.29. The van der Waals surface area contributed by atoms with Crippen molar-refractivity contribution in [2.75, 3.05) is 25.5 Å². The number of hydrogen-bond acceptors (Lipinski definition) is 4. The molecule has 1 amide bonds. The SMILES string of the molecule is COc1cccc(NC(=O)c2ccccc2S(=O)(=O)N2CCCCC2)c1. The van der Waals surface area contributed by atoms with Crippen LogP contribution in [0, 0.1) is 0 Å². The fourth-order valence-corrected chi connectivity index (χ4v) is 4.73. The second-order valence-corrected chi connectivity index (χ2v) is 8.05. The highest BCUT2D eigenvalue weighted by Crippen LogP contribution is 2.25. The molecule has 0 atom stereocenters. The zero-order valence-corrected chi connectivity index (χ0v) is 15.5. The van der Waals surface area contributed by atoms with E-state index in [1.165, 1.54) is 16.4 Å². The number of methoxy groups -OCH3 is 1. The molecule has 138 valence electrons. The molecule has 26 heavy (non-hydrogen) atoms. The van der Waals surface area contributed by atoms with Gasteiger partial charge in [0.15, 0.2) is 0 Å². The summed E-state index contributed by atoms with van der Waals surface area (Å²) in [4.78, 5) is 12.8. The average Bonchev–Trinajstić information content (AvgIpc) is 2.68. The normalized spacial score (nSPS) is 15.4. The summed E-state index contributed by atoms with van der Waals surface area (Å²) in [7, 11) is -2.15. The van der Waals surface area contributed by atoms with E-state index in [4.69, 9.17) is 4.74 Å². The fraction of sp³-hybridized carbons (Fsp3) is 0.316. The van der Waals surface area contributed by atoms with Crippen molar-refractivity contribution in [3.05, 3.63) is 54.1 Å². The number of sulfonamides is 1. The first-order chi connectivity index (χ1) is 12.5. The van der Waals surface area contributed by atoms with Gasteiger partial charge in [-0.25, -0.2) is 8.42 Å². The van der Waals surface area contributed by atoms with Gasteiger partial charge in [-0.3, -0.25) is 4.79 Å². The first-order valence-corrected chi connectivity index (χ1v) is 10.0. The number of hydrogen-bond donors (Lipinski definition) is 1. The minimum atomic E-state index is -3.70. The maximum Gasteiger partial charge on any atom is 0.257 e. The van der Waals surface area contributed by atoms with Crippen molar-refractivity contribution in [1.29, 1.82) is 0 Å². The van der Waals surface area contributed by atoms with Crippen molar-refractivity contribution in [3.8, 4) is 5.75 Å². The van der Waals surface area contributed by atoms with Gasteiger partial charge in [0.2, 0.25) is 10.0 Å². The van der Waals surface area contributed by atoms with Gasteiger partial charge in [0.05, 0.1) is 17.6 Å². The second-order valence-electron chi connectivity index (χ2n) is 6.15. The Kier molecular flexibility index (Phi) is 5.58. The molecule has 0 aliphatic carbocycles. The lowest BCUT2D eigenvalue weighted by Gasteiger charge is -2.26. The van der Waals surface area contributed by atoms with Gasteiger partial charge in [-0.2, -0.15) is 4.31 Å². The van der Waals surface area contributed by atoms with Crippen LogP contribution in [0.5, 0.6) is 5.75 Å². The predicted molar refractivity (Wildman–Crippen MR) is 100.0 cm³/mol. The molecule has 0 spiro atoms. The summed E-state index contributed by atoms with van der Waals surface area (Å²) in [6.07, 6.45) is 2.72. The smallest absolute Gasteiger partial charge is 0.257 e. The molecule has 0 unspecified atom stereocenters. The summed E-state index contributed by atoms with van der Waals surface area (Å²) >= 11 is 0. The topological polar surface area (TPSA) is 75.7 Å². The van der Waals surface area contributed by atoms with E-state index in [1.54, 1.807) is 43.5 Å². The maximum absolute atomic E-state index is 13.0. The summed E-state index contributed by atoms with van der Waals surface area (Å²) in [6.45, 7) is 0.988. The molecule has 3 rings (SSSR count). The molecule has 0 saturated carbocycles. The third-order valence-corrected chi connectivity index (χ3v) is 6.35. The Morgan fingerprint density at radius 1 is 1.04 bits per heavy atom. The first-order valence-electron chi connectivity index (χ1n) is 8.57. The number of benzene rings is 2. The van der Waals surface area contributed by atoms with Crippen LogP contribution < -0.4 is 10.1 Å². The quantitative estimate of drug-likeness (QED) is 0.872. The number of nitrogens with one attached hydrogen (secondary N) is 1. The Morgan fingerprint density at radius 3 is 2.50 bits per heavy atom. The van der Waals surface area contributed by atoms with Gasteiger partial charge in [-0.15, -0.1) is 0 Å². The van der Waals surface area contributed by atoms with Crippen LogP contribution in [0.2, 0.25) is 0 Å². The number of amides is 1. The largest absolute Gasteiger partial charge is 0.497 e. The lowest BCUT2D eigenvalue weighted by Crippen LogP contribution is -2.36. The maximum atomic E-state index is 13.0. The fourth-order valence-electron chi connectivity index (χ4n) is 3.02. The number of piperidine rings is 1. The molecule has 1 heterocycles. The van der Waals surface area contributed by atoms with Crippen molar-refractivity contribution < 1.29 is 17.9 Å². The van der Waals surface area contributed by atoms with Gasteiger partial charge in [0, 0.05) is 24.8 Å².